The molecule has 0 radical (unpaired) electrons. The molecule has 2 aliphatic rings. The average molecular weight is 266 g/mol. The first-order valence-corrected chi connectivity index (χ1v) is 7.28. The molecular weight excluding hydrogens is 248 g/mol. The second-order valence-corrected chi connectivity index (χ2v) is 6.14. The van der Waals surface area contributed by atoms with Crippen LogP contribution in [0.3, 0.4) is 0 Å². The summed E-state index contributed by atoms with van der Waals surface area (Å²) in [6, 6.07) is 2.06. The lowest BCUT2D eigenvalue weighted by molar-refractivity contribution is -0.147. The molecule has 1 aromatic heterocycles. The van der Waals surface area contributed by atoms with E-state index in [2.05, 4.69) is 11.4 Å². The maximum absolute atomic E-state index is 12.3. The summed E-state index contributed by atoms with van der Waals surface area (Å²) >= 11 is 1.65. The lowest BCUT2D eigenvalue weighted by atomic mass is 10.1. The van der Waals surface area contributed by atoms with Gasteiger partial charge in [-0.3, -0.25) is 4.79 Å². The van der Waals surface area contributed by atoms with Crippen molar-refractivity contribution < 1.29 is 9.53 Å². The largest absolute Gasteiger partial charge is 0.367 e. The highest BCUT2D eigenvalue weighted by Crippen LogP contribution is 2.36. The summed E-state index contributed by atoms with van der Waals surface area (Å²) in [7, 11) is 0. The molecule has 98 valence electrons. The highest BCUT2D eigenvalue weighted by molar-refractivity contribution is 7.07. The van der Waals surface area contributed by atoms with E-state index in [-0.39, 0.29) is 18.1 Å². The van der Waals surface area contributed by atoms with Crippen LogP contribution in [0.25, 0.3) is 0 Å². The Morgan fingerprint density at radius 1 is 1.56 bits per heavy atom. The maximum Gasteiger partial charge on any atom is 0.242 e. The SMILES string of the molecule is C[C@@H]1CN(C(=O)C2(N)CC2)C[C@@H](c2ccsc2)O1. The van der Waals surface area contributed by atoms with Gasteiger partial charge in [0.25, 0.3) is 0 Å². The Bertz CT molecular complexity index is 442. The van der Waals surface area contributed by atoms with Crippen LogP contribution in [0.2, 0.25) is 0 Å². The maximum atomic E-state index is 12.3. The monoisotopic (exact) mass is 266 g/mol. The number of thiophene rings is 1. The number of hydrogen-bond donors (Lipinski definition) is 1. The number of amides is 1. The third-order valence-electron chi connectivity index (χ3n) is 3.68. The molecular formula is C13H18N2O2S. The molecule has 1 amide bonds. The van der Waals surface area contributed by atoms with Gasteiger partial charge in [0.05, 0.1) is 18.2 Å². The Kier molecular flexibility index (Phi) is 2.92. The Balaban J connectivity index is 1.74. The summed E-state index contributed by atoms with van der Waals surface area (Å²) in [4.78, 5) is 14.2. The van der Waals surface area contributed by atoms with Crippen molar-refractivity contribution in [2.45, 2.75) is 37.5 Å². The van der Waals surface area contributed by atoms with Crippen molar-refractivity contribution in [2.75, 3.05) is 13.1 Å². The van der Waals surface area contributed by atoms with Crippen molar-refractivity contribution in [2.24, 2.45) is 5.73 Å². The van der Waals surface area contributed by atoms with Gasteiger partial charge in [-0.15, -0.1) is 0 Å². The van der Waals surface area contributed by atoms with Crippen LogP contribution < -0.4 is 5.73 Å². The molecule has 1 aliphatic carbocycles. The predicted octanol–water partition coefficient (Wildman–Crippen LogP) is 1.53. The topological polar surface area (TPSA) is 55.6 Å². The van der Waals surface area contributed by atoms with Crippen molar-refractivity contribution in [1.29, 1.82) is 0 Å². The molecule has 2 N–H and O–H groups in total. The third-order valence-corrected chi connectivity index (χ3v) is 4.38. The molecule has 2 fully saturated rings. The molecule has 18 heavy (non-hydrogen) atoms. The van der Waals surface area contributed by atoms with E-state index in [1.807, 2.05) is 17.2 Å². The minimum atomic E-state index is -0.573. The van der Waals surface area contributed by atoms with Crippen LogP contribution in [0, 0.1) is 0 Å². The molecule has 0 unspecified atom stereocenters. The van der Waals surface area contributed by atoms with Crippen molar-refractivity contribution >= 4 is 17.2 Å². The molecule has 1 aliphatic heterocycles. The van der Waals surface area contributed by atoms with E-state index in [1.54, 1.807) is 11.3 Å². The Labute approximate surface area is 111 Å². The van der Waals surface area contributed by atoms with Crippen LogP contribution in [0.4, 0.5) is 0 Å². The van der Waals surface area contributed by atoms with Crippen LogP contribution in [-0.2, 0) is 9.53 Å². The Morgan fingerprint density at radius 2 is 2.33 bits per heavy atom. The highest BCUT2D eigenvalue weighted by atomic mass is 32.1. The van der Waals surface area contributed by atoms with Gasteiger partial charge < -0.3 is 15.4 Å². The van der Waals surface area contributed by atoms with Gasteiger partial charge in [-0.05, 0) is 42.2 Å². The number of nitrogens with zero attached hydrogens (tertiary/aromatic N) is 1. The van der Waals surface area contributed by atoms with Crippen LogP contribution in [0.1, 0.15) is 31.4 Å². The van der Waals surface area contributed by atoms with Crippen LogP contribution in [-0.4, -0.2) is 35.5 Å². The summed E-state index contributed by atoms with van der Waals surface area (Å²) in [5.41, 5.74) is 6.59. The van der Waals surface area contributed by atoms with E-state index in [0.717, 1.165) is 18.4 Å². The lowest BCUT2D eigenvalue weighted by Gasteiger charge is -2.37. The van der Waals surface area contributed by atoms with E-state index in [1.165, 1.54) is 0 Å². The molecule has 3 rings (SSSR count). The minimum absolute atomic E-state index is 0.00806. The number of nitrogens with two attached hydrogens (primary N) is 1. The van der Waals surface area contributed by atoms with E-state index >= 15 is 0 Å². The summed E-state index contributed by atoms with van der Waals surface area (Å²) in [5, 5.41) is 4.12. The van der Waals surface area contributed by atoms with E-state index in [4.69, 9.17) is 10.5 Å². The van der Waals surface area contributed by atoms with Gasteiger partial charge in [-0.25, -0.2) is 0 Å². The fourth-order valence-corrected chi connectivity index (χ4v) is 3.12. The normalized spacial score (nSPS) is 30.2. The van der Waals surface area contributed by atoms with E-state index < -0.39 is 5.54 Å². The standard InChI is InChI=1S/C13H18N2O2S/c1-9-6-15(12(16)13(14)3-4-13)7-11(17-9)10-2-5-18-8-10/h2,5,8-9,11H,3-4,6-7,14H2,1H3/t9-,11+/m1/s1. The average Bonchev–Trinajstić information content (AvgIpc) is 2.91. The zero-order chi connectivity index (χ0) is 12.8. The highest BCUT2D eigenvalue weighted by Gasteiger charge is 2.49. The predicted molar refractivity (Wildman–Crippen MR) is 70.3 cm³/mol. The number of rotatable bonds is 2. The Morgan fingerprint density at radius 3 is 2.94 bits per heavy atom. The van der Waals surface area contributed by atoms with Gasteiger partial charge in [0.2, 0.25) is 5.91 Å². The molecule has 2 atom stereocenters. The molecule has 0 spiro atoms. The van der Waals surface area contributed by atoms with Gasteiger partial charge in [-0.2, -0.15) is 11.3 Å². The minimum Gasteiger partial charge on any atom is -0.367 e. The van der Waals surface area contributed by atoms with Gasteiger partial charge in [0.15, 0.2) is 0 Å². The smallest absolute Gasteiger partial charge is 0.242 e. The van der Waals surface area contributed by atoms with Crippen molar-refractivity contribution in [1.82, 2.24) is 4.90 Å². The zero-order valence-corrected chi connectivity index (χ0v) is 11.3. The molecule has 0 aromatic carbocycles. The van der Waals surface area contributed by atoms with Crippen molar-refractivity contribution in [3.05, 3.63) is 22.4 Å². The first-order valence-electron chi connectivity index (χ1n) is 6.34. The molecule has 1 saturated carbocycles. The third kappa shape index (κ3) is 2.18. The summed E-state index contributed by atoms with van der Waals surface area (Å²) in [6.07, 6.45) is 1.70. The number of carbonyl (C=O) groups is 1. The van der Waals surface area contributed by atoms with Gasteiger partial charge in [0.1, 0.15) is 6.10 Å². The molecule has 1 saturated heterocycles. The van der Waals surface area contributed by atoms with Gasteiger partial charge >= 0.3 is 0 Å². The number of morpholine rings is 1. The summed E-state index contributed by atoms with van der Waals surface area (Å²) in [6.45, 7) is 3.28. The summed E-state index contributed by atoms with van der Waals surface area (Å²) < 4.78 is 5.92. The molecule has 1 aromatic rings. The molecule has 5 heteroatoms. The first kappa shape index (κ1) is 12.1. The quantitative estimate of drug-likeness (QED) is 0.883. The fourth-order valence-electron chi connectivity index (χ4n) is 2.42. The first-order chi connectivity index (χ1) is 8.58. The molecule has 0 bridgehead atoms. The summed E-state index contributed by atoms with van der Waals surface area (Å²) in [5.74, 6) is 0.0953. The second-order valence-electron chi connectivity index (χ2n) is 5.36. The molecule has 2 heterocycles. The molecule has 4 nitrogen and oxygen atoms in total. The second kappa shape index (κ2) is 4.33. The van der Waals surface area contributed by atoms with Gasteiger partial charge in [0, 0.05) is 6.54 Å². The van der Waals surface area contributed by atoms with Crippen molar-refractivity contribution in [3.63, 3.8) is 0 Å². The van der Waals surface area contributed by atoms with E-state index in [0.29, 0.717) is 13.1 Å². The number of carbonyl (C=O) groups excluding carboxylic acids is 1. The van der Waals surface area contributed by atoms with E-state index in [9.17, 15) is 4.79 Å². The zero-order valence-electron chi connectivity index (χ0n) is 10.5. The fraction of sp³-hybridized carbons (Fsp3) is 0.615. The lowest BCUT2D eigenvalue weighted by Crippen LogP contribution is -2.52. The number of hydrogen-bond acceptors (Lipinski definition) is 4. The van der Waals surface area contributed by atoms with Crippen LogP contribution in [0.15, 0.2) is 16.8 Å². The number of ether oxygens (including phenoxy) is 1. The van der Waals surface area contributed by atoms with Gasteiger partial charge in [-0.1, -0.05) is 0 Å². The Hall–Kier alpha value is -0.910. The van der Waals surface area contributed by atoms with Crippen LogP contribution >= 0.6 is 11.3 Å². The van der Waals surface area contributed by atoms with Crippen molar-refractivity contribution in [3.8, 4) is 0 Å². The van der Waals surface area contributed by atoms with Crippen LogP contribution in [0.5, 0.6) is 0 Å².